The molecule has 0 unspecified atom stereocenters. The second-order valence-electron chi connectivity index (χ2n) is 2.06. The van der Waals surface area contributed by atoms with E-state index in [1.165, 1.54) is 7.11 Å². The predicted octanol–water partition coefficient (Wildman–Crippen LogP) is 0.0692. The van der Waals surface area contributed by atoms with Gasteiger partial charge in [-0.15, -0.1) is 24.8 Å². The minimum absolute atomic E-state index is 0. The first-order valence-corrected chi connectivity index (χ1v) is 3.26. The van der Waals surface area contributed by atoms with Gasteiger partial charge in [0.05, 0.1) is 7.11 Å². The maximum absolute atomic E-state index is 10.6. The number of carbonyl (C=O) groups excluding carboxylic acids is 1. The van der Waals surface area contributed by atoms with Crippen LogP contribution in [0.4, 0.5) is 0 Å². The lowest BCUT2D eigenvalue weighted by molar-refractivity contribution is -0.142. The van der Waals surface area contributed by atoms with Crippen LogP contribution in [0.3, 0.4) is 0 Å². The highest BCUT2D eigenvalue weighted by atomic mass is 35.5. The van der Waals surface area contributed by atoms with Crippen LogP contribution in [0.15, 0.2) is 0 Å². The summed E-state index contributed by atoms with van der Waals surface area (Å²) in [4.78, 5) is 10.6. The molecule has 0 rings (SSSR count). The van der Waals surface area contributed by atoms with E-state index in [1.54, 1.807) is 0 Å². The molecule has 0 aliphatic carbocycles. The molecule has 0 heterocycles. The molecule has 0 aromatic carbocycles. The third-order valence-corrected chi connectivity index (χ3v) is 1.22. The highest BCUT2D eigenvalue weighted by Crippen LogP contribution is 1.93. The number of nitrogens with two attached hydrogens (primary N) is 2. The van der Waals surface area contributed by atoms with Gasteiger partial charge in [-0.25, -0.2) is 0 Å². The number of esters is 1. The third-order valence-electron chi connectivity index (χ3n) is 1.22. The molecule has 0 fully saturated rings. The lowest BCUT2D eigenvalue weighted by atomic mass is 10.2. The molecule has 0 aliphatic heterocycles. The molecule has 76 valence electrons. The number of hydrogen-bond acceptors (Lipinski definition) is 4. The zero-order chi connectivity index (χ0) is 7.98. The normalized spacial score (nSPS) is 10.6. The molecule has 0 saturated carbocycles. The highest BCUT2D eigenvalue weighted by Gasteiger charge is 2.11. The fourth-order valence-electron chi connectivity index (χ4n) is 0.607. The van der Waals surface area contributed by atoms with Crippen molar-refractivity contribution in [3.05, 3.63) is 0 Å². The molecule has 4 nitrogen and oxygen atoms in total. The molecular formula is C6H16Cl2N2O2. The minimum atomic E-state index is -0.506. The molecular weight excluding hydrogens is 203 g/mol. The average Bonchev–Trinajstić information content (AvgIpc) is 1.98. The topological polar surface area (TPSA) is 78.3 Å². The van der Waals surface area contributed by atoms with Crippen molar-refractivity contribution in [1.82, 2.24) is 0 Å². The van der Waals surface area contributed by atoms with Crippen molar-refractivity contribution in [3.63, 3.8) is 0 Å². The monoisotopic (exact) mass is 218 g/mol. The van der Waals surface area contributed by atoms with E-state index in [0.717, 1.165) is 6.42 Å². The molecule has 0 aromatic rings. The van der Waals surface area contributed by atoms with Crippen LogP contribution >= 0.6 is 24.8 Å². The minimum Gasteiger partial charge on any atom is -0.468 e. The van der Waals surface area contributed by atoms with E-state index in [-0.39, 0.29) is 30.8 Å². The Morgan fingerprint density at radius 3 is 2.33 bits per heavy atom. The first-order valence-electron chi connectivity index (χ1n) is 3.26. The molecule has 0 radical (unpaired) electrons. The van der Waals surface area contributed by atoms with Crippen molar-refractivity contribution >= 4 is 30.8 Å². The van der Waals surface area contributed by atoms with Crippen LogP contribution in [0.2, 0.25) is 0 Å². The summed E-state index contributed by atoms with van der Waals surface area (Å²) >= 11 is 0. The van der Waals surface area contributed by atoms with Crippen LogP contribution in [0.1, 0.15) is 12.8 Å². The number of carbonyl (C=O) groups is 1. The number of methoxy groups -OCH3 is 1. The van der Waals surface area contributed by atoms with Crippen LogP contribution < -0.4 is 11.5 Å². The quantitative estimate of drug-likeness (QED) is 0.656. The third kappa shape index (κ3) is 8.07. The Balaban J connectivity index is -0.000000405. The van der Waals surface area contributed by atoms with Crippen molar-refractivity contribution < 1.29 is 9.53 Å². The fraction of sp³-hybridized carbons (Fsp3) is 0.833. The van der Waals surface area contributed by atoms with E-state index in [1.807, 2.05) is 0 Å². The van der Waals surface area contributed by atoms with Crippen LogP contribution in [0.5, 0.6) is 0 Å². The van der Waals surface area contributed by atoms with E-state index < -0.39 is 6.04 Å². The molecule has 1 atom stereocenters. The summed E-state index contributed by atoms with van der Waals surface area (Å²) in [6.45, 7) is 0.560. The van der Waals surface area contributed by atoms with Crippen molar-refractivity contribution in [2.24, 2.45) is 11.5 Å². The first kappa shape index (κ1) is 17.9. The maximum Gasteiger partial charge on any atom is 0.322 e. The largest absolute Gasteiger partial charge is 0.468 e. The highest BCUT2D eigenvalue weighted by molar-refractivity contribution is 5.85. The fourth-order valence-corrected chi connectivity index (χ4v) is 0.607. The van der Waals surface area contributed by atoms with Crippen molar-refractivity contribution in [3.8, 4) is 0 Å². The summed E-state index contributed by atoms with van der Waals surface area (Å²) in [5.41, 5.74) is 10.6. The zero-order valence-corrected chi connectivity index (χ0v) is 8.62. The summed E-state index contributed by atoms with van der Waals surface area (Å²) < 4.78 is 4.40. The number of hydrogen-bond donors (Lipinski definition) is 2. The van der Waals surface area contributed by atoms with Gasteiger partial charge in [-0.05, 0) is 19.4 Å². The molecule has 6 heteroatoms. The summed E-state index contributed by atoms with van der Waals surface area (Å²) in [5.74, 6) is -0.367. The maximum atomic E-state index is 10.6. The number of rotatable bonds is 4. The molecule has 0 saturated heterocycles. The molecule has 0 aromatic heterocycles. The summed E-state index contributed by atoms with van der Waals surface area (Å²) in [7, 11) is 1.32. The summed E-state index contributed by atoms with van der Waals surface area (Å²) in [6, 6.07) is -0.506. The van der Waals surface area contributed by atoms with Gasteiger partial charge in [-0.3, -0.25) is 4.79 Å². The smallest absolute Gasteiger partial charge is 0.322 e. The SMILES string of the molecule is COC(=O)[C@H](N)CCCN.Cl.Cl. The predicted molar refractivity (Wildman–Crippen MR) is 52.8 cm³/mol. The Morgan fingerprint density at radius 1 is 1.50 bits per heavy atom. The second kappa shape index (κ2) is 11.0. The van der Waals surface area contributed by atoms with Gasteiger partial charge in [0, 0.05) is 0 Å². The number of halogens is 2. The van der Waals surface area contributed by atoms with Gasteiger partial charge in [0.15, 0.2) is 0 Å². The van der Waals surface area contributed by atoms with Gasteiger partial charge in [0.1, 0.15) is 6.04 Å². The van der Waals surface area contributed by atoms with Crippen LogP contribution in [-0.4, -0.2) is 25.7 Å². The summed E-state index contributed by atoms with van der Waals surface area (Å²) in [6.07, 6.45) is 1.36. The second-order valence-corrected chi connectivity index (χ2v) is 2.06. The van der Waals surface area contributed by atoms with Crippen LogP contribution in [-0.2, 0) is 9.53 Å². The van der Waals surface area contributed by atoms with Crippen molar-refractivity contribution in [2.75, 3.05) is 13.7 Å². The molecule has 0 spiro atoms. The Bertz CT molecular complexity index is 114. The number of ether oxygens (including phenoxy) is 1. The van der Waals surface area contributed by atoms with E-state index >= 15 is 0 Å². The molecule has 4 N–H and O–H groups in total. The van der Waals surface area contributed by atoms with E-state index in [2.05, 4.69) is 4.74 Å². The van der Waals surface area contributed by atoms with Gasteiger partial charge < -0.3 is 16.2 Å². The molecule has 12 heavy (non-hydrogen) atoms. The molecule has 0 bridgehead atoms. The summed E-state index contributed by atoms with van der Waals surface area (Å²) in [5, 5.41) is 0. The molecule has 0 aliphatic rings. The van der Waals surface area contributed by atoms with E-state index in [9.17, 15) is 4.79 Å². The lowest BCUT2D eigenvalue weighted by Gasteiger charge is -2.06. The molecule has 0 amide bonds. The lowest BCUT2D eigenvalue weighted by Crippen LogP contribution is -2.31. The average molecular weight is 219 g/mol. The standard InChI is InChI=1S/C6H14N2O2.2ClH/c1-10-6(9)5(8)3-2-4-7;;/h5H,2-4,7-8H2,1H3;2*1H/t5-;;/m1../s1. The van der Waals surface area contributed by atoms with E-state index in [0.29, 0.717) is 13.0 Å². The van der Waals surface area contributed by atoms with Gasteiger partial charge in [0.25, 0.3) is 0 Å². The van der Waals surface area contributed by atoms with E-state index in [4.69, 9.17) is 11.5 Å². The van der Waals surface area contributed by atoms with Crippen LogP contribution in [0, 0.1) is 0 Å². The van der Waals surface area contributed by atoms with Crippen molar-refractivity contribution in [1.29, 1.82) is 0 Å². The van der Waals surface area contributed by atoms with Gasteiger partial charge in [-0.2, -0.15) is 0 Å². The Hall–Kier alpha value is -0.0300. The Labute approximate surface area is 84.8 Å². The Morgan fingerprint density at radius 2 is 2.00 bits per heavy atom. The first-order chi connectivity index (χ1) is 4.72. The Kier molecular flexibility index (Phi) is 16.4. The van der Waals surface area contributed by atoms with Gasteiger partial charge in [0.2, 0.25) is 0 Å². The zero-order valence-electron chi connectivity index (χ0n) is 6.99. The van der Waals surface area contributed by atoms with Gasteiger partial charge >= 0.3 is 5.97 Å². The van der Waals surface area contributed by atoms with Crippen LogP contribution in [0.25, 0.3) is 0 Å². The van der Waals surface area contributed by atoms with Crippen molar-refractivity contribution in [2.45, 2.75) is 18.9 Å². The van der Waals surface area contributed by atoms with Gasteiger partial charge in [-0.1, -0.05) is 0 Å².